The molecule has 4 heteroatoms. The third-order valence-electron chi connectivity index (χ3n) is 2.93. The second kappa shape index (κ2) is 5.96. The molecule has 0 saturated carbocycles. The molecular formula is C13H19FN2S. The molecule has 0 aliphatic rings. The SMILES string of the molecule is CCC(C)CN(C)c1cccc(F)c1C(N)=S. The van der Waals surface area contributed by atoms with Crippen LogP contribution in [0.15, 0.2) is 18.2 Å². The van der Waals surface area contributed by atoms with Crippen molar-refractivity contribution in [2.24, 2.45) is 11.7 Å². The van der Waals surface area contributed by atoms with Crippen LogP contribution in [0.1, 0.15) is 25.8 Å². The van der Waals surface area contributed by atoms with Gasteiger partial charge in [-0.3, -0.25) is 0 Å². The summed E-state index contributed by atoms with van der Waals surface area (Å²) in [5.41, 5.74) is 6.68. The maximum Gasteiger partial charge on any atom is 0.135 e. The lowest BCUT2D eigenvalue weighted by Crippen LogP contribution is -2.27. The number of nitrogens with two attached hydrogens (primary N) is 1. The van der Waals surface area contributed by atoms with E-state index < -0.39 is 0 Å². The first-order valence-electron chi connectivity index (χ1n) is 5.76. The van der Waals surface area contributed by atoms with Gasteiger partial charge < -0.3 is 10.6 Å². The zero-order valence-electron chi connectivity index (χ0n) is 10.5. The molecule has 0 aromatic heterocycles. The molecule has 94 valence electrons. The van der Waals surface area contributed by atoms with Crippen molar-refractivity contribution >= 4 is 22.9 Å². The minimum atomic E-state index is -0.356. The van der Waals surface area contributed by atoms with Gasteiger partial charge in [-0.25, -0.2) is 4.39 Å². The Morgan fingerprint density at radius 2 is 2.18 bits per heavy atom. The summed E-state index contributed by atoms with van der Waals surface area (Å²) in [6.07, 6.45) is 1.09. The summed E-state index contributed by atoms with van der Waals surface area (Å²) >= 11 is 4.91. The fourth-order valence-corrected chi connectivity index (χ4v) is 1.97. The number of benzene rings is 1. The molecule has 0 aliphatic carbocycles. The summed E-state index contributed by atoms with van der Waals surface area (Å²) in [5, 5.41) is 0. The van der Waals surface area contributed by atoms with Gasteiger partial charge in [-0.1, -0.05) is 38.6 Å². The molecule has 1 rings (SSSR count). The first kappa shape index (κ1) is 13.9. The van der Waals surface area contributed by atoms with Gasteiger partial charge in [0.25, 0.3) is 0 Å². The second-order valence-corrected chi connectivity index (χ2v) is 4.83. The van der Waals surface area contributed by atoms with E-state index in [9.17, 15) is 4.39 Å². The van der Waals surface area contributed by atoms with E-state index in [1.807, 2.05) is 18.0 Å². The van der Waals surface area contributed by atoms with Gasteiger partial charge >= 0.3 is 0 Å². The summed E-state index contributed by atoms with van der Waals surface area (Å²) in [6.45, 7) is 5.16. The molecule has 2 nitrogen and oxygen atoms in total. The zero-order chi connectivity index (χ0) is 13.0. The minimum Gasteiger partial charge on any atom is -0.389 e. The smallest absolute Gasteiger partial charge is 0.135 e. The predicted molar refractivity (Wildman–Crippen MR) is 75.0 cm³/mol. The molecule has 1 aromatic rings. The lowest BCUT2D eigenvalue weighted by Gasteiger charge is -2.25. The molecule has 0 aliphatic heterocycles. The maximum atomic E-state index is 13.7. The lowest BCUT2D eigenvalue weighted by molar-refractivity contribution is 0.558. The van der Waals surface area contributed by atoms with Gasteiger partial charge in [-0.2, -0.15) is 0 Å². The van der Waals surface area contributed by atoms with E-state index in [4.69, 9.17) is 18.0 Å². The standard InChI is InChI=1S/C13H19FN2S/c1-4-9(2)8-16(3)11-7-5-6-10(14)12(11)13(15)17/h5-7,9H,4,8H2,1-3H3,(H2,15,17). The van der Waals surface area contributed by atoms with E-state index in [2.05, 4.69) is 13.8 Å². The van der Waals surface area contributed by atoms with Crippen LogP contribution in [0.3, 0.4) is 0 Å². The van der Waals surface area contributed by atoms with Crippen LogP contribution < -0.4 is 10.6 Å². The van der Waals surface area contributed by atoms with E-state index in [0.717, 1.165) is 18.7 Å². The normalized spacial score (nSPS) is 12.2. The van der Waals surface area contributed by atoms with Crippen LogP contribution >= 0.6 is 12.2 Å². The zero-order valence-corrected chi connectivity index (χ0v) is 11.4. The molecule has 1 atom stereocenters. The molecule has 1 aromatic carbocycles. The van der Waals surface area contributed by atoms with Crippen LogP contribution in [0.5, 0.6) is 0 Å². The number of anilines is 1. The molecular weight excluding hydrogens is 235 g/mol. The third-order valence-corrected chi connectivity index (χ3v) is 3.14. The summed E-state index contributed by atoms with van der Waals surface area (Å²) in [7, 11) is 1.93. The molecule has 0 spiro atoms. The molecule has 0 radical (unpaired) electrons. The van der Waals surface area contributed by atoms with Gasteiger partial charge in [-0.05, 0) is 18.1 Å². The average molecular weight is 254 g/mol. The molecule has 0 saturated heterocycles. The monoisotopic (exact) mass is 254 g/mol. The Balaban J connectivity index is 3.04. The highest BCUT2D eigenvalue weighted by molar-refractivity contribution is 7.80. The van der Waals surface area contributed by atoms with Crippen molar-refractivity contribution in [3.05, 3.63) is 29.6 Å². The van der Waals surface area contributed by atoms with Crippen molar-refractivity contribution in [3.8, 4) is 0 Å². The van der Waals surface area contributed by atoms with Gasteiger partial charge in [0.1, 0.15) is 10.8 Å². The highest BCUT2D eigenvalue weighted by atomic mass is 32.1. The van der Waals surface area contributed by atoms with Gasteiger partial charge in [0.2, 0.25) is 0 Å². The summed E-state index contributed by atoms with van der Waals surface area (Å²) in [4.78, 5) is 2.11. The Morgan fingerprint density at radius 3 is 2.71 bits per heavy atom. The molecule has 0 fully saturated rings. The quantitative estimate of drug-likeness (QED) is 0.819. The largest absolute Gasteiger partial charge is 0.389 e. The van der Waals surface area contributed by atoms with Crippen LogP contribution in [0.2, 0.25) is 0 Å². The average Bonchev–Trinajstić information content (AvgIpc) is 2.27. The van der Waals surface area contributed by atoms with E-state index in [0.29, 0.717) is 11.5 Å². The Hall–Kier alpha value is -1.16. The summed E-state index contributed by atoms with van der Waals surface area (Å²) in [6, 6.07) is 4.91. The molecule has 1 unspecified atom stereocenters. The topological polar surface area (TPSA) is 29.3 Å². The van der Waals surface area contributed by atoms with Crippen molar-refractivity contribution in [1.29, 1.82) is 0 Å². The lowest BCUT2D eigenvalue weighted by atomic mass is 10.1. The van der Waals surface area contributed by atoms with Crippen LogP contribution in [-0.2, 0) is 0 Å². The fourth-order valence-electron chi connectivity index (χ4n) is 1.77. The van der Waals surface area contributed by atoms with Gasteiger partial charge in [0, 0.05) is 19.3 Å². The van der Waals surface area contributed by atoms with Crippen LogP contribution in [0, 0.1) is 11.7 Å². The van der Waals surface area contributed by atoms with Crippen molar-refractivity contribution < 1.29 is 4.39 Å². The maximum absolute atomic E-state index is 13.7. The molecule has 0 amide bonds. The van der Waals surface area contributed by atoms with E-state index in [1.165, 1.54) is 6.07 Å². The Morgan fingerprint density at radius 1 is 1.53 bits per heavy atom. The fraction of sp³-hybridized carbons (Fsp3) is 0.462. The van der Waals surface area contributed by atoms with Crippen LogP contribution in [0.25, 0.3) is 0 Å². The first-order valence-corrected chi connectivity index (χ1v) is 6.17. The minimum absolute atomic E-state index is 0.106. The number of hydrogen-bond donors (Lipinski definition) is 1. The number of halogens is 1. The summed E-state index contributed by atoms with van der Waals surface area (Å²) < 4.78 is 13.7. The summed E-state index contributed by atoms with van der Waals surface area (Å²) in [5.74, 6) is 0.188. The number of rotatable bonds is 5. The highest BCUT2D eigenvalue weighted by Crippen LogP contribution is 2.23. The van der Waals surface area contributed by atoms with Crippen molar-refractivity contribution in [2.75, 3.05) is 18.5 Å². The van der Waals surface area contributed by atoms with Crippen molar-refractivity contribution in [3.63, 3.8) is 0 Å². The van der Waals surface area contributed by atoms with Crippen LogP contribution in [-0.4, -0.2) is 18.6 Å². The molecule has 0 heterocycles. The predicted octanol–water partition coefficient (Wildman–Crippen LogP) is 2.94. The van der Waals surface area contributed by atoms with Gasteiger partial charge in [0.15, 0.2) is 0 Å². The van der Waals surface area contributed by atoms with Crippen molar-refractivity contribution in [2.45, 2.75) is 20.3 Å². The molecule has 17 heavy (non-hydrogen) atoms. The highest BCUT2D eigenvalue weighted by Gasteiger charge is 2.15. The third kappa shape index (κ3) is 3.40. The second-order valence-electron chi connectivity index (χ2n) is 4.39. The first-order chi connectivity index (χ1) is 7.97. The van der Waals surface area contributed by atoms with Crippen molar-refractivity contribution in [1.82, 2.24) is 0 Å². The molecule has 2 N–H and O–H groups in total. The van der Waals surface area contributed by atoms with Gasteiger partial charge in [-0.15, -0.1) is 0 Å². The number of hydrogen-bond acceptors (Lipinski definition) is 2. The Bertz CT molecular complexity index is 406. The van der Waals surface area contributed by atoms with Gasteiger partial charge in [0.05, 0.1) is 5.56 Å². The Kier molecular flexibility index (Phi) is 4.87. The van der Waals surface area contributed by atoms with Crippen LogP contribution in [0.4, 0.5) is 10.1 Å². The van der Waals surface area contributed by atoms with E-state index in [-0.39, 0.29) is 10.8 Å². The number of thiocarbonyl (C=S) groups is 1. The number of nitrogens with zero attached hydrogens (tertiary/aromatic N) is 1. The van der Waals surface area contributed by atoms with E-state index >= 15 is 0 Å². The van der Waals surface area contributed by atoms with E-state index in [1.54, 1.807) is 6.07 Å². The Labute approximate surface area is 108 Å². The molecule has 0 bridgehead atoms.